The summed E-state index contributed by atoms with van der Waals surface area (Å²) in [7, 11) is 0. The number of anilines is 2. The van der Waals surface area contributed by atoms with E-state index in [1.807, 2.05) is 39.0 Å². The van der Waals surface area contributed by atoms with E-state index in [1.54, 1.807) is 23.1 Å². The Hall–Kier alpha value is -2.86. The predicted molar refractivity (Wildman–Crippen MR) is 112 cm³/mol. The molecule has 0 radical (unpaired) electrons. The average molecular weight is 415 g/mol. The molecule has 1 fully saturated rings. The molecule has 1 aliphatic heterocycles. The van der Waals surface area contributed by atoms with E-state index in [4.69, 9.17) is 16.3 Å². The Kier molecular flexibility index (Phi) is 6.23. The standard InChI is InChI=1S/C22H23ClN2O4/c1-13-4-7-19(15(3)8-13)25-11-16(9-21(25)27)22(28)29-12-20(26)24-18-10-17(23)6-5-14(18)2/h4-8,10,16H,9,11-12H2,1-3H3,(H,24,26)/t16-/m0/s1. The van der Waals surface area contributed by atoms with Crippen LogP contribution in [0.15, 0.2) is 36.4 Å². The van der Waals surface area contributed by atoms with E-state index in [0.29, 0.717) is 10.7 Å². The Bertz CT molecular complexity index is 973. The van der Waals surface area contributed by atoms with Gasteiger partial charge in [0.2, 0.25) is 5.91 Å². The van der Waals surface area contributed by atoms with Crippen molar-refractivity contribution in [2.24, 2.45) is 5.92 Å². The SMILES string of the molecule is Cc1ccc(N2C[C@@H](C(=O)OCC(=O)Nc3cc(Cl)ccc3C)CC2=O)c(C)c1. The number of carbonyl (C=O) groups excluding carboxylic acids is 3. The van der Waals surface area contributed by atoms with Gasteiger partial charge >= 0.3 is 5.97 Å². The number of nitrogens with zero attached hydrogens (tertiary/aromatic N) is 1. The van der Waals surface area contributed by atoms with E-state index in [0.717, 1.165) is 22.4 Å². The van der Waals surface area contributed by atoms with Crippen LogP contribution in [0.25, 0.3) is 0 Å². The van der Waals surface area contributed by atoms with Gasteiger partial charge in [0.25, 0.3) is 5.91 Å². The zero-order valence-corrected chi connectivity index (χ0v) is 17.4. The number of esters is 1. The van der Waals surface area contributed by atoms with Crippen LogP contribution >= 0.6 is 11.6 Å². The van der Waals surface area contributed by atoms with Gasteiger partial charge in [0.05, 0.1) is 5.92 Å². The molecular formula is C22H23ClN2O4. The van der Waals surface area contributed by atoms with E-state index in [-0.39, 0.29) is 18.9 Å². The predicted octanol–water partition coefficient (Wildman–Crippen LogP) is 3.80. The molecule has 2 amide bonds. The summed E-state index contributed by atoms with van der Waals surface area (Å²) in [6.45, 7) is 5.58. The second-order valence-electron chi connectivity index (χ2n) is 7.31. The zero-order valence-electron chi connectivity index (χ0n) is 16.6. The molecule has 0 aliphatic carbocycles. The van der Waals surface area contributed by atoms with Crippen molar-refractivity contribution in [2.75, 3.05) is 23.4 Å². The number of halogens is 1. The zero-order chi connectivity index (χ0) is 21.1. The third-order valence-corrected chi connectivity index (χ3v) is 5.16. The quantitative estimate of drug-likeness (QED) is 0.755. The Labute approximate surface area is 174 Å². The molecule has 1 N–H and O–H groups in total. The molecule has 3 rings (SSSR count). The van der Waals surface area contributed by atoms with E-state index in [2.05, 4.69) is 5.32 Å². The molecular weight excluding hydrogens is 392 g/mol. The average Bonchev–Trinajstić information content (AvgIpc) is 3.04. The maximum Gasteiger partial charge on any atom is 0.311 e. The van der Waals surface area contributed by atoms with E-state index >= 15 is 0 Å². The normalized spacial score (nSPS) is 16.1. The highest BCUT2D eigenvalue weighted by molar-refractivity contribution is 6.31. The van der Waals surface area contributed by atoms with Gasteiger partial charge in [-0.1, -0.05) is 35.4 Å². The van der Waals surface area contributed by atoms with Crippen molar-refractivity contribution >= 4 is 40.8 Å². The molecule has 2 aromatic carbocycles. The van der Waals surface area contributed by atoms with Crippen molar-refractivity contribution in [1.29, 1.82) is 0 Å². The van der Waals surface area contributed by atoms with Crippen LogP contribution in [0.1, 0.15) is 23.1 Å². The van der Waals surface area contributed by atoms with Gasteiger partial charge in [-0.25, -0.2) is 0 Å². The monoisotopic (exact) mass is 414 g/mol. The smallest absolute Gasteiger partial charge is 0.311 e. The highest BCUT2D eigenvalue weighted by Gasteiger charge is 2.36. The summed E-state index contributed by atoms with van der Waals surface area (Å²) < 4.78 is 5.15. The van der Waals surface area contributed by atoms with Gasteiger partial charge < -0.3 is 15.0 Å². The van der Waals surface area contributed by atoms with Gasteiger partial charge in [0.1, 0.15) is 0 Å². The minimum atomic E-state index is -0.594. The van der Waals surface area contributed by atoms with Crippen LogP contribution in [-0.2, 0) is 19.1 Å². The summed E-state index contributed by atoms with van der Waals surface area (Å²) in [6.07, 6.45) is 0.0706. The Morgan fingerprint density at radius 1 is 1.14 bits per heavy atom. The molecule has 0 bridgehead atoms. The Balaban J connectivity index is 1.56. The van der Waals surface area contributed by atoms with Crippen LogP contribution in [0, 0.1) is 26.7 Å². The molecule has 1 aliphatic rings. The van der Waals surface area contributed by atoms with Crippen molar-refractivity contribution in [3.63, 3.8) is 0 Å². The van der Waals surface area contributed by atoms with Crippen molar-refractivity contribution < 1.29 is 19.1 Å². The maximum atomic E-state index is 12.4. The molecule has 0 aromatic heterocycles. The van der Waals surface area contributed by atoms with Crippen molar-refractivity contribution in [3.05, 3.63) is 58.1 Å². The summed E-state index contributed by atoms with van der Waals surface area (Å²) in [6, 6.07) is 11.0. The number of benzene rings is 2. The molecule has 0 unspecified atom stereocenters. The summed E-state index contributed by atoms with van der Waals surface area (Å²) in [4.78, 5) is 38.5. The molecule has 6 nitrogen and oxygen atoms in total. The molecule has 2 aromatic rings. The number of ether oxygens (including phenoxy) is 1. The largest absolute Gasteiger partial charge is 0.455 e. The first-order valence-corrected chi connectivity index (χ1v) is 9.72. The van der Waals surface area contributed by atoms with Crippen LogP contribution in [0.4, 0.5) is 11.4 Å². The lowest BCUT2D eigenvalue weighted by molar-refractivity contribution is -0.151. The minimum Gasteiger partial charge on any atom is -0.455 e. The first-order valence-electron chi connectivity index (χ1n) is 9.35. The first kappa shape index (κ1) is 20.9. The van der Waals surface area contributed by atoms with Crippen molar-refractivity contribution in [3.8, 4) is 0 Å². The van der Waals surface area contributed by atoms with Crippen LogP contribution in [0.2, 0.25) is 5.02 Å². The minimum absolute atomic E-state index is 0.0706. The molecule has 29 heavy (non-hydrogen) atoms. The number of hydrogen-bond donors (Lipinski definition) is 1. The van der Waals surface area contributed by atoms with Crippen molar-refractivity contribution in [1.82, 2.24) is 0 Å². The summed E-state index contributed by atoms with van der Waals surface area (Å²) >= 11 is 5.94. The van der Waals surface area contributed by atoms with Gasteiger partial charge in [-0.2, -0.15) is 0 Å². The summed E-state index contributed by atoms with van der Waals surface area (Å²) in [5.74, 6) is -1.73. The lowest BCUT2D eigenvalue weighted by atomic mass is 10.1. The number of hydrogen-bond acceptors (Lipinski definition) is 4. The summed E-state index contributed by atoms with van der Waals surface area (Å²) in [5, 5.41) is 3.17. The van der Waals surface area contributed by atoms with Crippen LogP contribution in [0.3, 0.4) is 0 Å². The van der Waals surface area contributed by atoms with E-state index < -0.39 is 24.4 Å². The third kappa shape index (κ3) is 4.95. The van der Waals surface area contributed by atoms with Crippen LogP contribution in [0.5, 0.6) is 0 Å². The van der Waals surface area contributed by atoms with E-state index in [9.17, 15) is 14.4 Å². The molecule has 0 spiro atoms. The van der Waals surface area contributed by atoms with Gasteiger partial charge in [-0.05, 0) is 50.1 Å². The van der Waals surface area contributed by atoms with Gasteiger partial charge in [0.15, 0.2) is 6.61 Å². The number of carbonyl (C=O) groups is 3. The number of rotatable bonds is 5. The number of nitrogens with one attached hydrogen (secondary N) is 1. The van der Waals surface area contributed by atoms with Crippen LogP contribution < -0.4 is 10.2 Å². The second-order valence-corrected chi connectivity index (χ2v) is 7.75. The fraction of sp³-hybridized carbons (Fsp3) is 0.318. The molecule has 7 heteroatoms. The Morgan fingerprint density at radius 3 is 2.62 bits per heavy atom. The van der Waals surface area contributed by atoms with Crippen molar-refractivity contribution in [2.45, 2.75) is 27.2 Å². The molecule has 1 heterocycles. The number of aryl methyl sites for hydroxylation is 3. The molecule has 1 atom stereocenters. The number of amides is 2. The van der Waals surface area contributed by atoms with Gasteiger partial charge in [-0.3, -0.25) is 14.4 Å². The fourth-order valence-electron chi connectivity index (χ4n) is 3.38. The highest BCUT2D eigenvalue weighted by atomic mass is 35.5. The maximum absolute atomic E-state index is 12.4. The van der Waals surface area contributed by atoms with Gasteiger partial charge in [0, 0.05) is 29.4 Å². The van der Waals surface area contributed by atoms with E-state index in [1.165, 1.54) is 0 Å². The highest BCUT2D eigenvalue weighted by Crippen LogP contribution is 2.29. The first-order chi connectivity index (χ1) is 13.7. The fourth-order valence-corrected chi connectivity index (χ4v) is 3.55. The lowest BCUT2D eigenvalue weighted by Crippen LogP contribution is -2.28. The summed E-state index contributed by atoms with van der Waals surface area (Å²) in [5.41, 5.74) is 4.29. The van der Waals surface area contributed by atoms with Gasteiger partial charge in [-0.15, -0.1) is 0 Å². The van der Waals surface area contributed by atoms with Crippen LogP contribution in [-0.4, -0.2) is 30.9 Å². The third-order valence-electron chi connectivity index (χ3n) is 4.92. The Morgan fingerprint density at radius 2 is 1.90 bits per heavy atom. The lowest BCUT2D eigenvalue weighted by Gasteiger charge is -2.19. The molecule has 1 saturated heterocycles. The topological polar surface area (TPSA) is 75.7 Å². The second kappa shape index (κ2) is 8.66. The molecule has 0 saturated carbocycles. The molecule has 152 valence electrons.